The molecule has 19 heavy (non-hydrogen) atoms. The number of halogens is 1. The Labute approximate surface area is 119 Å². The second-order valence-corrected chi connectivity index (χ2v) is 4.70. The van der Waals surface area contributed by atoms with Gasteiger partial charge in [0.2, 0.25) is 0 Å². The van der Waals surface area contributed by atoms with E-state index in [-0.39, 0.29) is 6.61 Å². The number of aliphatic hydroxyl groups is 1. The van der Waals surface area contributed by atoms with Crippen LogP contribution in [0.5, 0.6) is 0 Å². The number of nitriles is 1. The van der Waals surface area contributed by atoms with Crippen LogP contribution in [0.15, 0.2) is 18.2 Å². The molecule has 0 aliphatic rings. The van der Waals surface area contributed by atoms with Crippen LogP contribution in [-0.2, 0) is 4.74 Å². The van der Waals surface area contributed by atoms with Crippen molar-refractivity contribution in [2.75, 3.05) is 25.1 Å². The van der Waals surface area contributed by atoms with Crippen molar-refractivity contribution in [3.8, 4) is 6.07 Å². The first kappa shape index (κ1) is 15.8. The minimum Gasteiger partial charge on any atom is -0.389 e. The molecule has 4 nitrogen and oxygen atoms in total. The number of hydrogen-bond acceptors (Lipinski definition) is 4. The topological polar surface area (TPSA) is 65.3 Å². The second-order valence-electron chi connectivity index (χ2n) is 4.26. The highest BCUT2D eigenvalue weighted by Gasteiger charge is 2.07. The molecule has 5 heteroatoms. The molecule has 2 N–H and O–H groups in total. The van der Waals surface area contributed by atoms with Gasteiger partial charge in [-0.05, 0) is 24.6 Å². The van der Waals surface area contributed by atoms with Gasteiger partial charge in [-0.2, -0.15) is 5.26 Å². The largest absolute Gasteiger partial charge is 0.389 e. The Bertz CT molecular complexity index is 432. The summed E-state index contributed by atoms with van der Waals surface area (Å²) in [6.07, 6.45) is 1.46. The normalized spacial score (nSPS) is 11.9. The van der Waals surface area contributed by atoms with Gasteiger partial charge in [-0.25, -0.2) is 0 Å². The number of nitrogens with zero attached hydrogens (tertiary/aromatic N) is 1. The van der Waals surface area contributed by atoms with Gasteiger partial charge >= 0.3 is 0 Å². The molecule has 1 atom stereocenters. The molecule has 0 saturated heterocycles. The highest BCUT2D eigenvalue weighted by atomic mass is 35.5. The molecule has 1 aromatic carbocycles. The average molecular weight is 283 g/mol. The maximum atomic E-state index is 9.74. The molecular weight excluding hydrogens is 264 g/mol. The molecular formula is C14H19ClN2O2. The Morgan fingerprint density at radius 3 is 3.00 bits per heavy atom. The summed E-state index contributed by atoms with van der Waals surface area (Å²) in [4.78, 5) is 0. The molecule has 0 radical (unpaired) electrons. The third-order valence-corrected chi connectivity index (χ3v) is 2.82. The van der Waals surface area contributed by atoms with Gasteiger partial charge in [0.1, 0.15) is 6.07 Å². The highest BCUT2D eigenvalue weighted by Crippen LogP contribution is 2.20. The minimum absolute atomic E-state index is 0.287. The minimum atomic E-state index is -0.609. The van der Waals surface area contributed by atoms with E-state index >= 15 is 0 Å². The standard InChI is InChI=1S/C14H19ClN2O2/c1-2-3-6-19-10-13(18)9-17-14-7-12(15)5-4-11(14)8-16/h4-5,7,13,17-18H,2-3,6,9-10H2,1H3. The van der Waals surface area contributed by atoms with Gasteiger partial charge in [-0.3, -0.25) is 0 Å². The lowest BCUT2D eigenvalue weighted by Crippen LogP contribution is -2.25. The zero-order chi connectivity index (χ0) is 14.1. The first-order chi connectivity index (χ1) is 9.17. The lowest BCUT2D eigenvalue weighted by Gasteiger charge is -2.14. The van der Waals surface area contributed by atoms with E-state index in [9.17, 15) is 5.11 Å². The maximum absolute atomic E-state index is 9.74. The van der Waals surface area contributed by atoms with Gasteiger partial charge in [-0.1, -0.05) is 24.9 Å². The number of unbranched alkanes of at least 4 members (excludes halogenated alkanes) is 1. The van der Waals surface area contributed by atoms with Crippen LogP contribution in [-0.4, -0.2) is 31.0 Å². The van der Waals surface area contributed by atoms with Crippen molar-refractivity contribution in [3.05, 3.63) is 28.8 Å². The van der Waals surface area contributed by atoms with Crippen molar-refractivity contribution in [1.29, 1.82) is 5.26 Å². The van der Waals surface area contributed by atoms with Crippen LogP contribution >= 0.6 is 11.6 Å². The zero-order valence-electron chi connectivity index (χ0n) is 11.0. The van der Waals surface area contributed by atoms with Crippen LogP contribution in [0, 0.1) is 11.3 Å². The molecule has 0 aromatic heterocycles. The first-order valence-electron chi connectivity index (χ1n) is 6.36. The molecule has 0 bridgehead atoms. The predicted molar refractivity (Wildman–Crippen MR) is 76.4 cm³/mol. The fraction of sp³-hybridized carbons (Fsp3) is 0.500. The van der Waals surface area contributed by atoms with Crippen molar-refractivity contribution in [2.24, 2.45) is 0 Å². The van der Waals surface area contributed by atoms with Crippen molar-refractivity contribution < 1.29 is 9.84 Å². The van der Waals surface area contributed by atoms with Crippen LogP contribution in [0.4, 0.5) is 5.69 Å². The fourth-order valence-corrected chi connectivity index (χ4v) is 1.68. The molecule has 1 unspecified atom stereocenters. The quantitative estimate of drug-likeness (QED) is 0.720. The van der Waals surface area contributed by atoms with Gasteiger partial charge in [-0.15, -0.1) is 0 Å². The van der Waals surface area contributed by atoms with Crippen molar-refractivity contribution >= 4 is 17.3 Å². The third kappa shape index (κ3) is 5.93. The number of nitrogens with one attached hydrogen (secondary N) is 1. The fourth-order valence-electron chi connectivity index (χ4n) is 1.51. The molecule has 0 fully saturated rings. The Kier molecular flexibility index (Phi) is 7.27. The number of anilines is 1. The van der Waals surface area contributed by atoms with E-state index in [0.717, 1.165) is 12.8 Å². The average Bonchev–Trinajstić information content (AvgIpc) is 2.41. The Hall–Kier alpha value is -1.28. The lowest BCUT2D eigenvalue weighted by atomic mass is 10.2. The molecule has 0 aliphatic carbocycles. The maximum Gasteiger partial charge on any atom is 0.101 e. The summed E-state index contributed by atoms with van der Waals surface area (Å²) in [6, 6.07) is 7.05. The van der Waals surface area contributed by atoms with Crippen molar-refractivity contribution in [1.82, 2.24) is 0 Å². The zero-order valence-corrected chi connectivity index (χ0v) is 11.8. The molecule has 1 rings (SSSR count). The monoisotopic (exact) mass is 282 g/mol. The van der Waals surface area contributed by atoms with Gasteiger partial charge in [0.05, 0.1) is 24.0 Å². The van der Waals surface area contributed by atoms with E-state index in [1.54, 1.807) is 18.2 Å². The van der Waals surface area contributed by atoms with Crippen molar-refractivity contribution in [3.63, 3.8) is 0 Å². The van der Waals surface area contributed by atoms with Crippen LogP contribution in [0.3, 0.4) is 0 Å². The summed E-state index contributed by atoms with van der Waals surface area (Å²) >= 11 is 5.87. The summed E-state index contributed by atoms with van der Waals surface area (Å²) in [5.41, 5.74) is 1.13. The summed E-state index contributed by atoms with van der Waals surface area (Å²) in [5.74, 6) is 0. The van der Waals surface area contributed by atoms with Crippen molar-refractivity contribution in [2.45, 2.75) is 25.9 Å². The first-order valence-corrected chi connectivity index (χ1v) is 6.74. The number of benzene rings is 1. The molecule has 0 aliphatic heterocycles. The van der Waals surface area contributed by atoms with E-state index in [4.69, 9.17) is 21.6 Å². The van der Waals surface area contributed by atoms with Crippen LogP contribution in [0.2, 0.25) is 5.02 Å². The van der Waals surface area contributed by atoms with Gasteiger partial charge < -0.3 is 15.2 Å². The Morgan fingerprint density at radius 2 is 2.32 bits per heavy atom. The summed E-state index contributed by atoms with van der Waals surface area (Å²) in [5, 5.41) is 22.3. The van der Waals surface area contributed by atoms with Crippen LogP contribution < -0.4 is 5.32 Å². The van der Waals surface area contributed by atoms with E-state index < -0.39 is 6.10 Å². The second kappa shape index (κ2) is 8.76. The SMILES string of the molecule is CCCCOCC(O)CNc1cc(Cl)ccc1C#N. The molecule has 0 saturated carbocycles. The van der Waals surface area contributed by atoms with Gasteiger partial charge in [0.25, 0.3) is 0 Å². The summed E-state index contributed by atoms with van der Waals surface area (Å²) < 4.78 is 5.32. The van der Waals surface area contributed by atoms with E-state index in [0.29, 0.717) is 29.4 Å². The summed E-state index contributed by atoms with van der Waals surface area (Å²) in [7, 11) is 0. The molecule has 1 aromatic rings. The number of ether oxygens (including phenoxy) is 1. The number of hydrogen-bond donors (Lipinski definition) is 2. The number of aliphatic hydroxyl groups excluding tert-OH is 1. The van der Waals surface area contributed by atoms with Gasteiger partial charge in [0.15, 0.2) is 0 Å². The lowest BCUT2D eigenvalue weighted by molar-refractivity contribution is 0.0422. The van der Waals surface area contributed by atoms with Gasteiger partial charge in [0, 0.05) is 18.2 Å². The smallest absolute Gasteiger partial charge is 0.101 e. The van der Waals surface area contributed by atoms with Crippen LogP contribution in [0.25, 0.3) is 0 Å². The predicted octanol–water partition coefficient (Wildman–Crippen LogP) is 2.80. The Morgan fingerprint density at radius 1 is 1.53 bits per heavy atom. The summed E-state index contributed by atoms with van der Waals surface area (Å²) in [6.45, 7) is 3.36. The molecule has 104 valence electrons. The van der Waals surface area contributed by atoms with Crippen LogP contribution in [0.1, 0.15) is 25.3 Å². The number of rotatable bonds is 8. The third-order valence-electron chi connectivity index (χ3n) is 2.58. The van der Waals surface area contributed by atoms with E-state index in [1.165, 1.54) is 0 Å². The molecule has 0 amide bonds. The molecule has 0 heterocycles. The molecule has 0 spiro atoms. The van der Waals surface area contributed by atoms with E-state index in [2.05, 4.69) is 18.3 Å². The highest BCUT2D eigenvalue weighted by molar-refractivity contribution is 6.30. The Balaban J connectivity index is 2.39. The van der Waals surface area contributed by atoms with E-state index in [1.807, 2.05) is 0 Å².